The van der Waals surface area contributed by atoms with Crippen LogP contribution in [0.25, 0.3) is 0 Å². The first-order valence-electron chi connectivity index (χ1n) is 11.6. The van der Waals surface area contributed by atoms with Crippen molar-refractivity contribution in [2.45, 2.75) is 20.0 Å². The third-order valence-electron chi connectivity index (χ3n) is 5.47. The van der Waals surface area contributed by atoms with Crippen molar-refractivity contribution in [1.82, 2.24) is 0 Å². The minimum absolute atomic E-state index is 0.0495. The van der Waals surface area contributed by atoms with Gasteiger partial charge in [-0.2, -0.15) is 0 Å². The van der Waals surface area contributed by atoms with Crippen LogP contribution in [0.5, 0.6) is 5.75 Å². The van der Waals surface area contributed by atoms with Crippen molar-refractivity contribution in [1.29, 1.82) is 0 Å². The molecule has 3 aromatic carbocycles. The van der Waals surface area contributed by atoms with E-state index in [4.69, 9.17) is 16.3 Å². The Morgan fingerprint density at radius 2 is 1.39 bits per heavy atom. The second-order valence-corrected chi connectivity index (χ2v) is 8.90. The Hall–Kier alpha value is -4.63. The monoisotopic (exact) mass is 533 g/mol. The number of esters is 1. The number of nitrogens with zero attached hydrogens (tertiary/aromatic N) is 1. The van der Waals surface area contributed by atoms with Gasteiger partial charge in [-0.05, 0) is 86.6 Å². The molecule has 0 spiro atoms. The van der Waals surface area contributed by atoms with Crippen molar-refractivity contribution < 1.29 is 28.7 Å². The van der Waals surface area contributed by atoms with E-state index >= 15 is 0 Å². The molecule has 1 aliphatic heterocycles. The Labute approximate surface area is 224 Å². The Morgan fingerprint density at radius 3 is 1.97 bits per heavy atom. The maximum atomic E-state index is 13.0. The van der Waals surface area contributed by atoms with E-state index in [9.17, 15) is 19.2 Å². The van der Waals surface area contributed by atoms with Gasteiger partial charge in [-0.1, -0.05) is 11.6 Å². The normalized spacial score (nSPS) is 13.1. The van der Waals surface area contributed by atoms with Crippen molar-refractivity contribution in [3.05, 3.63) is 94.7 Å². The molecule has 1 aliphatic rings. The topological polar surface area (TPSA) is 114 Å². The van der Waals surface area contributed by atoms with Crippen LogP contribution in [0.4, 0.5) is 17.1 Å². The first kappa shape index (κ1) is 26.4. The van der Waals surface area contributed by atoms with E-state index in [1.807, 2.05) is 13.8 Å². The number of ether oxygens (including phenoxy) is 2. The standard InChI is InChI=1S/C28H24ClN3O6/c1-16(2)38-22-14-10-20(11-15-22)31-25(33)17-4-8-19(9-5-17)30-24-23(29)26(34)32(27(24)35)21-12-6-18(7-13-21)28(36)37-3/h4-16,30H,1-3H3,(H,31,33). The van der Waals surface area contributed by atoms with Crippen molar-refractivity contribution >= 4 is 52.4 Å². The molecule has 194 valence electrons. The number of carbonyl (C=O) groups is 4. The van der Waals surface area contributed by atoms with Crippen LogP contribution >= 0.6 is 11.6 Å². The fourth-order valence-electron chi connectivity index (χ4n) is 3.65. The van der Waals surface area contributed by atoms with E-state index in [0.717, 1.165) is 4.90 Å². The van der Waals surface area contributed by atoms with Gasteiger partial charge in [0.25, 0.3) is 17.7 Å². The summed E-state index contributed by atoms with van der Waals surface area (Å²) in [6, 6.07) is 19.2. The minimum atomic E-state index is -0.703. The van der Waals surface area contributed by atoms with Crippen LogP contribution in [0.3, 0.4) is 0 Å². The Kier molecular flexibility index (Phi) is 7.78. The lowest BCUT2D eigenvalue weighted by Crippen LogP contribution is -2.32. The number of anilines is 3. The lowest BCUT2D eigenvalue weighted by molar-refractivity contribution is -0.120. The van der Waals surface area contributed by atoms with Gasteiger partial charge >= 0.3 is 5.97 Å². The van der Waals surface area contributed by atoms with Gasteiger partial charge in [0.05, 0.1) is 24.5 Å². The average molecular weight is 534 g/mol. The zero-order valence-electron chi connectivity index (χ0n) is 20.8. The van der Waals surface area contributed by atoms with Crippen LogP contribution in [0.15, 0.2) is 83.5 Å². The molecule has 0 aromatic heterocycles. The van der Waals surface area contributed by atoms with E-state index in [1.54, 1.807) is 48.5 Å². The van der Waals surface area contributed by atoms with Gasteiger partial charge in [0, 0.05) is 16.9 Å². The van der Waals surface area contributed by atoms with Crippen molar-refractivity contribution in [2.24, 2.45) is 0 Å². The van der Waals surface area contributed by atoms with Crippen molar-refractivity contribution in [3.8, 4) is 5.75 Å². The summed E-state index contributed by atoms with van der Waals surface area (Å²) in [7, 11) is 1.26. The van der Waals surface area contributed by atoms with Crippen LogP contribution in [0.1, 0.15) is 34.6 Å². The van der Waals surface area contributed by atoms with Crippen LogP contribution in [-0.2, 0) is 14.3 Å². The fraction of sp³-hybridized carbons (Fsp3) is 0.143. The molecule has 1 heterocycles. The first-order chi connectivity index (χ1) is 18.2. The zero-order chi connectivity index (χ0) is 27.4. The second-order valence-electron chi connectivity index (χ2n) is 8.52. The molecule has 0 atom stereocenters. The average Bonchev–Trinajstić information content (AvgIpc) is 3.12. The molecule has 10 heteroatoms. The quantitative estimate of drug-likeness (QED) is 0.311. The number of amides is 3. The van der Waals surface area contributed by atoms with Crippen LogP contribution in [0.2, 0.25) is 0 Å². The number of methoxy groups -OCH3 is 1. The summed E-state index contributed by atoms with van der Waals surface area (Å²) in [5, 5.41) is 5.39. The molecule has 0 saturated heterocycles. The lowest BCUT2D eigenvalue weighted by atomic mass is 10.2. The first-order valence-corrected chi connectivity index (χ1v) is 12.0. The smallest absolute Gasteiger partial charge is 0.337 e. The van der Waals surface area contributed by atoms with E-state index in [1.165, 1.54) is 31.4 Å². The summed E-state index contributed by atoms with van der Waals surface area (Å²) in [6.07, 6.45) is 0.0495. The molecular formula is C28H24ClN3O6. The van der Waals surface area contributed by atoms with Crippen molar-refractivity contribution in [2.75, 3.05) is 22.6 Å². The molecule has 4 rings (SSSR count). The van der Waals surface area contributed by atoms with Gasteiger partial charge in [-0.3, -0.25) is 14.4 Å². The Morgan fingerprint density at radius 1 is 0.816 bits per heavy atom. The molecule has 38 heavy (non-hydrogen) atoms. The predicted molar refractivity (Wildman–Crippen MR) is 143 cm³/mol. The number of benzene rings is 3. The van der Waals surface area contributed by atoms with E-state index in [0.29, 0.717) is 22.7 Å². The van der Waals surface area contributed by atoms with Gasteiger partial charge < -0.3 is 20.1 Å². The van der Waals surface area contributed by atoms with E-state index in [2.05, 4.69) is 15.4 Å². The molecule has 9 nitrogen and oxygen atoms in total. The molecule has 0 unspecified atom stereocenters. The number of hydrogen-bond acceptors (Lipinski definition) is 7. The number of rotatable bonds is 8. The fourth-order valence-corrected chi connectivity index (χ4v) is 3.86. The summed E-state index contributed by atoms with van der Waals surface area (Å²) in [5.74, 6) is -1.51. The summed E-state index contributed by atoms with van der Waals surface area (Å²) >= 11 is 6.19. The Balaban J connectivity index is 1.42. The summed E-state index contributed by atoms with van der Waals surface area (Å²) in [4.78, 5) is 50.9. The lowest BCUT2D eigenvalue weighted by Gasteiger charge is -2.15. The molecule has 0 radical (unpaired) electrons. The molecule has 3 aromatic rings. The molecule has 0 fully saturated rings. The highest BCUT2D eigenvalue weighted by molar-refractivity contribution is 6.53. The second kappa shape index (κ2) is 11.2. The number of carbonyl (C=O) groups excluding carboxylic acids is 4. The molecular weight excluding hydrogens is 510 g/mol. The predicted octanol–water partition coefficient (Wildman–Crippen LogP) is 4.95. The number of imide groups is 1. The molecule has 0 bridgehead atoms. The highest BCUT2D eigenvalue weighted by Crippen LogP contribution is 2.30. The van der Waals surface area contributed by atoms with Gasteiger partial charge in [0.2, 0.25) is 0 Å². The summed E-state index contributed by atoms with van der Waals surface area (Å²) < 4.78 is 10.3. The summed E-state index contributed by atoms with van der Waals surface area (Å²) in [5.41, 5.74) is 1.87. The largest absolute Gasteiger partial charge is 0.491 e. The van der Waals surface area contributed by atoms with Crippen molar-refractivity contribution in [3.63, 3.8) is 0 Å². The van der Waals surface area contributed by atoms with E-state index < -0.39 is 17.8 Å². The maximum absolute atomic E-state index is 13.0. The van der Waals surface area contributed by atoms with Gasteiger partial charge in [-0.15, -0.1) is 0 Å². The van der Waals surface area contributed by atoms with Crippen LogP contribution in [0, 0.1) is 0 Å². The zero-order valence-corrected chi connectivity index (χ0v) is 21.5. The molecule has 0 aliphatic carbocycles. The Bertz CT molecular complexity index is 1410. The van der Waals surface area contributed by atoms with Crippen LogP contribution < -0.4 is 20.3 Å². The van der Waals surface area contributed by atoms with Gasteiger partial charge in [0.15, 0.2) is 0 Å². The van der Waals surface area contributed by atoms with Crippen LogP contribution in [-0.4, -0.2) is 36.9 Å². The van der Waals surface area contributed by atoms with Gasteiger partial charge in [-0.25, -0.2) is 9.69 Å². The molecule has 2 N–H and O–H groups in total. The highest BCUT2D eigenvalue weighted by Gasteiger charge is 2.39. The highest BCUT2D eigenvalue weighted by atomic mass is 35.5. The number of hydrogen-bond donors (Lipinski definition) is 2. The minimum Gasteiger partial charge on any atom is -0.491 e. The van der Waals surface area contributed by atoms with Gasteiger partial charge in [0.1, 0.15) is 16.5 Å². The molecule has 3 amide bonds. The number of halogens is 1. The van der Waals surface area contributed by atoms with E-state index in [-0.39, 0.29) is 34.0 Å². The maximum Gasteiger partial charge on any atom is 0.337 e. The molecule has 0 saturated carbocycles. The third-order valence-corrected chi connectivity index (χ3v) is 5.82. The third kappa shape index (κ3) is 5.68. The SMILES string of the molecule is COC(=O)c1ccc(N2C(=O)C(Cl)=C(Nc3ccc(C(=O)Nc4ccc(OC(C)C)cc4)cc3)C2=O)cc1. The summed E-state index contributed by atoms with van der Waals surface area (Å²) in [6.45, 7) is 3.86. The number of nitrogens with one attached hydrogen (secondary N) is 2.